The van der Waals surface area contributed by atoms with Crippen molar-refractivity contribution in [2.45, 2.75) is 25.2 Å². The summed E-state index contributed by atoms with van der Waals surface area (Å²) in [6.07, 6.45) is -0.494. The van der Waals surface area contributed by atoms with Crippen LogP contribution in [0.15, 0.2) is 6.07 Å². The number of nitrogens with zero attached hydrogens (tertiary/aromatic N) is 2. The molecule has 0 aliphatic heterocycles. The molecule has 1 heterocycles. The number of alkyl halides is 2. The summed E-state index contributed by atoms with van der Waals surface area (Å²) in [6, 6.07) is 1.44. The Morgan fingerprint density at radius 1 is 1.47 bits per heavy atom. The van der Waals surface area contributed by atoms with Gasteiger partial charge in [-0.25, -0.2) is 8.78 Å². The zero-order chi connectivity index (χ0) is 10.8. The van der Waals surface area contributed by atoms with Crippen LogP contribution in [0.5, 0.6) is 5.75 Å². The van der Waals surface area contributed by atoms with Crippen molar-refractivity contribution in [3.05, 3.63) is 16.9 Å². The summed E-state index contributed by atoms with van der Waals surface area (Å²) in [6.45, 7) is -0.637. The van der Waals surface area contributed by atoms with Crippen LogP contribution in [0.2, 0.25) is 5.15 Å². The van der Waals surface area contributed by atoms with Crippen LogP contribution < -0.4 is 4.74 Å². The average Bonchev–Trinajstić information content (AvgIpc) is 2.98. The van der Waals surface area contributed by atoms with Gasteiger partial charge in [0, 0.05) is 12.0 Å². The molecule has 82 valence electrons. The third-order valence-corrected chi connectivity index (χ3v) is 2.27. The third-order valence-electron chi connectivity index (χ3n) is 2.08. The maximum Gasteiger partial charge on any atom is 0.272 e. The number of hydrogen-bond acceptors (Lipinski definition) is 3. The van der Waals surface area contributed by atoms with Gasteiger partial charge in [0.1, 0.15) is 18.1 Å². The van der Waals surface area contributed by atoms with Crippen LogP contribution in [0.25, 0.3) is 0 Å². The van der Waals surface area contributed by atoms with E-state index in [4.69, 9.17) is 16.3 Å². The van der Waals surface area contributed by atoms with Gasteiger partial charge in [0.15, 0.2) is 5.15 Å². The highest BCUT2D eigenvalue weighted by molar-refractivity contribution is 6.29. The van der Waals surface area contributed by atoms with Gasteiger partial charge in [0.2, 0.25) is 0 Å². The lowest BCUT2D eigenvalue weighted by molar-refractivity contribution is 0.0811. The molecule has 0 bridgehead atoms. The smallest absolute Gasteiger partial charge is 0.272 e. The molecule has 1 aliphatic carbocycles. The zero-order valence-corrected chi connectivity index (χ0v) is 8.55. The Kier molecular flexibility index (Phi) is 3.00. The molecule has 1 saturated carbocycles. The van der Waals surface area contributed by atoms with E-state index in [2.05, 4.69) is 10.2 Å². The second-order valence-electron chi connectivity index (χ2n) is 3.39. The quantitative estimate of drug-likeness (QED) is 0.803. The monoisotopic (exact) mass is 234 g/mol. The molecule has 0 atom stereocenters. The van der Waals surface area contributed by atoms with Crippen LogP contribution in [0.3, 0.4) is 0 Å². The lowest BCUT2D eigenvalue weighted by Gasteiger charge is -2.08. The molecule has 1 aromatic rings. The van der Waals surface area contributed by atoms with Gasteiger partial charge in [-0.3, -0.25) is 0 Å². The highest BCUT2D eigenvalue weighted by atomic mass is 35.5. The number of ether oxygens (including phenoxy) is 1. The van der Waals surface area contributed by atoms with Crippen molar-refractivity contribution < 1.29 is 13.5 Å². The van der Waals surface area contributed by atoms with E-state index in [0.717, 1.165) is 12.8 Å². The highest BCUT2D eigenvalue weighted by Gasteiger charge is 2.29. The van der Waals surface area contributed by atoms with Gasteiger partial charge in [-0.2, -0.15) is 0 Å². The summed E-state index contributed by atoms with van der Waals surface area (Å²) in [5.41, 5.74) is 0.639. The van der Waals surface area contributed by atoms with Gasteiger partial charge in [-0.15, -0.1) is 10.2 Å². The summed E-state index contributed by atoms with van der Waals surface area (Å²) in [7, 11) is 0. The first-order chi connectivity index (χ1) is 7.16. The zero-order valence-electron chi connectivity index (χ0n) is 7.79. The largest absolute Gasteiger partial charge is 0.486 e. The van der Waals surface area contributed by atoms with Crippen LogP contribution in [0.1, 0.15) is 24.5 Å². The molecule has 6 heteroatoms. The fourth-order valence-electron chi connectivity index (χ4n) is 1.27. The molecule has 0 unspecified atom stereocenters. The van der Waals surface area contributed by atoms with Gasteiger partial charge in [0.25, 0.3) is 6.43 Å². The maximum absolute atomic E-state index is 12.0. The fourth-order valence-corrected chi connectivity index (χ4v) is 1.41. The van der Waals surface area contributed by atoms with Crippen molar-refractivity contribution in [2.24, 2.45) is 0 Å². The molecule has 0 radical (unpaired) electrons. The molecular formula is C9H9ClF2N2O. The van der Waals surface area contributed by atoms with E-state index < -0.39 is 13.0 Å². The molecule has 0 saturated heterocycles. The minimum atomic E-state index is -2.50. The summed E-state index contributed by atoms with van der Waals surface area (Å²) in [5.74, 6) is 0.625. The SMILES string of the molecule is FC(F)COc1cc(Cl)nnc1C1CC1. The summed E-state index contributed by atoms with van der Waals surface area (Å²) in [4.78, 5) is 0. The first kappa shape index (κ1) is 10.5. The van der Waals surface area contributed by atoms with Crippen molar-refractivity contribution in [1.82, 2.24) is 10.2 Å². The first-order valence-corrected chi connectivity index (χ1v) is 4.98. The molecule has 2 rings (SSSR count). The van der Waals surface area contributed by atoms with Crippen LogP contribution in [-0.4, -0.2) is 23.2 Å². The summed E-state index contributed by atoms with van der Waals surface area (Å²) < 4.78 is 28.9. The molecule has 15 heavy (non-hydrogen) atoms. The van der Waals surface area contributed by atoms with Gasteiger partial charge < -0.3 is 4.74 Å². The van der Waals surface area contributed by atoms with Crippen molar-refractivity contribution in [1.29, 1.82) is 0 Å². The van der Waals surface area contributed by atoms with Gasteiger partial charge in [0.05, 0.1) is 0 Å². The number of aromatic nitrogens is 2. The van der Waals surface area contributed by atoms with E-state index in [-0.39, 0.29) is 5.15 Å². The number of rotatable bonds is 4. The average molecular weight is 235 g/mol. The van der Waals surface area contributed by atoms with Gasteiger partial charge >= 0.3 is 0 Å². The maximum atomic E-state index is 12.0. The van der Waals surface area contributed by atoms with E-state index in [0.29, 0.717) is 17.4 Å². The van der Waals surface area contributed by atoms with Gasteiger partial charge in [-0.05, 0) is 12.8 Å². The Labute approximate surface area is 90.4 Å². The first-order valence-electron chi connectivity index (χ1n) is 4.61. The van der Waals surface area contributed by atoms with E-state index in [9.17, 15) is 8.78 Å². The van der Waals surface area contributed by atoms with Crippen LogP contribution >= 0.6 is 11.6 Å². The van der Waals surface area contributed by atoms with Crippen LogP contribution in [0.4, 0.5) is 8.78 Å². The number of halogens is 3. The third kappa shape index (κ3) is 2.75. The van der Waals surface area contributed by atoms with Gasteiger partial charge in [-0.1, -0.05) is 11.6 Å². The molecule has 0 spiro atoms. The van der Waals surface area contributed by atoms with Crippen molar-refractivity contribution in [2.75, 3.05) is 6.61 Å². The predicted molar refractivity (Wildman–Crippen MR) is 50.5 cm³/mol. The normalized spacial score (nSPS) is 15.7. The van der Waals surface area contributed by atoms with Crippen LogP contribution in [-0.2, 0) is 0 Å². The molecule has 1 fully saturated rings. The second-order valence-corrected chi connectivity index (χ2v) is 3.78. The van der Waals surface area contributed by atoms with Crippen molar-refractivity contribution >= 4 is 11.6 Å². The Hall–Kier alpha value is -0.970. The molecule has 0 aromatic carbocycles. The molecule has 1 aromatic heterocycles. The molecule has 0 N–H and O–H groups in total. The van der Waals surface area contributed by atoms with E-state index >= 15 is 0 Å². The van der Waals surface area contributed by atoms with Crippen molar-refractivity contribution in [3.63, 3.8) is 0 Å². The Balaban J connectivity index is 2.14. The highest BCUT2D eigenvalue weighted by Crippen LogP contribution is 2.43. The summed E-state index contributed by atoms with van der Waals surface area (Å²) in [5, 5.41) is 7.70. The van der Waals surface area contributed by atoms with E-state index in [1.54, 1.807) is 0 Å². The fraction of sp³-hybridized carbons (Fsp3) is 0.556. The minimum absolute atomic E-state index is 0.156. The Morgan fingerprint density at radius 2 is 2.20 bits per heavy atom. The van der Waals surface area contributed by atoms with E-state index in [1.807, 2.05) is 0 Å². The van der Waals surface area contributed by atoms with Crippen molar-refractivity contribution in [3.8, 4) is 5.75 Å². The molecule has 1 aliphatic rings. The second kappa shape index (κ2) is 4.26. The molecule has 0 amide bonds. The molecular weight excluding hydrogens is 226 g/mol. The lowest BCUT2D eigenvalue weighted by atomic mass is 10.2. The van der Waals surface area contributed by atoms with Crippen LogP contribution in [0, 0.1) is 0 Å². The molecule has 3 nitrogen and oxygen atoms in total. The summed E-state index contributed by atoms with van der Waals surface area (Å²) >= 11 is 5.62. The standard InChI is InChI=1S/C9H9ClF2N2O/c10-7-3-6(15-4-8(11)12)9(14-13-7)5-1-2-5/h3,5,8H,1-2,4H2. The lowest BCUT2D eigenvalue weighted by Crippen LogP contribution is -2.09. The predicted octanol–water partition coefficient (Wildman–Crippen LogP) is 2.65. The minimum Gasteiger partial charge on any atom is -0.486 e. The Morgan fingerprint density at radius 3 is 2.80 bits per heavy atom. The topological polar surface area (TPSA) is 35.0 Å². The van der Waals surface area contributed by atoms with E-state index in [1.165, 1.54) is 6.07 Å². The Bertz CT molecular complexity index is 358. The number of hydrogen-bond donors (Lipinski definition) is 0.